The fraction of sp³-hybridized carbons (Fsp3) is 0.611. The van der Waals surface area contributed by atoms with E-state index in [1.54, 1.807) is 13.8 Å². The average Bonchev–Trinajstić information content (AvgIpc) is 3.23. The van der Waals surface area contributed by atoms with Crippen molar-refractivity contribution in [2.45, 2.75) is 45.6 Å². The Balaban J connectivity index is 1.98. The van der Waals surface area contributed by atoms with Crippen molar-refractivity contribution < 1.29 is 23.8 Å². The van der Waals surface area contributed by atoms with Gasteiger partial charge in [0.05, 0.1) is 19.5 Å². The van der Waals surface area contributed by atoms with Gasteiger partial charge in [0.25, 0.3) is 5.56 Å². The zero-order valence-corrected chi connectivity index (χ0v) is 16.8. The molecule has 3 rings (SSSR count). The van der Waals surface area contributed by atoms with Crippen molar-refractivity contribution in [2.75, 3.05) is 25.6 Å². The molecule has 158 valence electrons. The van der Waals surface area contributed by atoms with E-state index in [-0.39, 0.29) is 41.3 Å². The third-order valence-electron chi connectivity index (χ3n) is 4.59. The number of H-pyrrole nitrogens is 1. The Bertz CT molecular complexity index is 952. The first-order chi connectivity index (χ1) is 13.9. The number of Topliss-reactive ketones (excluding diaryl/α,β-unsaturated/α-hetero) is 1. The van der Waals surface area contributed by atoms with Gasteiger partial charge in [0.15, 0.2) is 29.3 Å². The number of fused-ring (bicyclic) bond motifs is 1. The average molecular weight is 407 g/mol. The summed E-state index contributed by atoms with van der Waals surface area (Å²) in [5.74, 6) is -0.775. The highest BCUT2D eigenvalue weighted by molar-refractivity contribution is 5.91. The Morgan fingerprint density at radius 2 is 2.14 bits per heavy atom. The molecular weight excluding hydrogens is 382 g/mol. The van der Waals surface area contributed by atoms with Crippen LogP contribution in [0.15, 0.2) is 11.1 Å². The smallest absolute Gasteiger partial charge is 0.280 e. The minimum absolute atomic E-state index is 0.00355. The molecule has 0 aromatic carbocycles. The largest absolute Gasteiger partial charge is 0.382 e. The van der Waals surface area contributed by atoms with Crippen LogP contribution in [0.25, 0.3) is 11.2 Å². The van der Waals surface area contributed by atoms with Crippen LogP contribution in [0.1, 0.15) is 33.4 Å². The minimum Gasteiger partial charge on any atom is -0.382 e. The predicted octanol–water partition coefficient (Wildman–Crippen LogP) is 0.622. The van der Waals surface area contributed by atoms with E-state index in [2.05, 4.69) is 20.3 Å². The number of hydrogen-bond donors (Lipinski definition) is 2. The monoisotopic (exact) mass is 407 g/mol. The molecule has 0 saturated carbocycles. The van der Waals surface area contributed by atoms with Crippen LogP contribution in [-0.4, -0.2) is 63.7 Å². The van der Waals surface area contributed by atoms with Crippen LogP contribution in [-0.2, 0) is 23.8 Å². The number of rotatable bonds is 8. The molecule has 2 aromatic heterocycles. The highest BCUT2D eigenvalue weighted by Crippen LogP contribution is 2.31. The number of ether oxygens (including phenoxy) is 3. The standard InChI is InChI=1S/C18H25N5O6/c1-5-10-12(24)13(28-7-6-27-4)17(29-10)23-8-19-11-14(23)20-18(22-16(11)26)21-15(25)9(2)3/h8-10,13,17H,5-7H2,1-4H3,(H2,20,21,22,25,26)/t10-,13-,17-/m1/s1. The lowest BCUT2D eigenvalue weighted by Gasteiger charge is -2.19. The highest BCUT2D eigenvalue weighted by Gasteiger charge is 2.45. The summed E-state index contributed by atoms with van der Waals surface area (Å²) < 4.78 is 18.1. The molecule has 1 aliphatic heterocycles. The molecule has 2 N–H and O–H groups in total. The SMILES string of the molecule is CC[C@H]1O[C@@H](n2cnc3c(=O)[nH]c(NC(=O)C(C)C)nc32)[C@H](OCCOC)C1=O. The van der Waals surface area contributed by atoms with Gasteiger partial charge in [-0.25, -0.2) is 4.98 Å². The number of aromatic amines is 1. The first kappa shape index (κ1) is 21.1. The van der Waals surface area contributed by atoms with E-state index < -0.39 is 24.0 Å². The van der Waals surface area contributed by atoms with Crippen molar-refractivity contribution >= 4 is 28.8 Å². The predicted molar refractivity (Wildman–Crippen MR) is 102 cm³/mol. The topological polar surface area (TPSA) is 137 Å². The fourth-order valence-electron chi connectivity index (χ4n) is 2.99. The lowest BCUT2D eigenvalue weighted by Crippen LogP contribution is -2.31. The second-order valence-electron chi connectivity index (χ2n) is 6.99. The summed E-state index contributed by atoms with van der Waals surface area (Å²) in [6.45, 7) is 5.81. The van der Waals surface area contributed by atoms with Crippen molar-refractivity contribution in [1.82, 2.24) is 19.5 Å². The highest BCUT2D eigenvalue weighted by atomic mass is 16.6. The third-order valence-corrected chi connectivity index (χ3v) is 4.59. The fourth-order valence-corrected chi connectivity index (χ4v) is 2.99. The summed E-state index contributed by atoms with van der Waals surface area (Å²) in [6.07, 6.45) is -0.494. The zero-order valence-electron chi connectivity index (χ0n) is 16.8. The Morgan fingerprint density at radius 1 is 1.38 bits per heavy atom. The number of anilines is 1. The van der Waals surface area contributed by atoms with Gasteiger partial charge in [0.1, 0.15) is 6.10 Å². The van der Waals surface area contributed by atoms with Gasteiger partial charge < -0.3 is 14.2 Å². The van der Waals surface area contributed by atoms with Crippen molar-refractivity contribution in [3.8, 4) is 0 Å². The minimum atomic E-state index is -0.887. The summed E-state index contributed by atoms with van der Waals surface area (Å²) in [4.78, 5) is 47.9. The van der Waals surface area contributed by atoms with Gasteiger partial charge in [-0.1, -0.05) is 20.8 Å². The molecule has 0 spiro atoms. The Kier molecular flexibility index (Phi) is 6.40. The van der Waals surface area contributed by atoms with Crippen molar-refractivity contribution in [3.63, 3.8) is 0 Å². The van der Waals surface area contributed by atoms with Crippen LogP contribution < -0.4 is 10.9 Å². The summed E-state index contributed by atoms with van der Waals surface area (Å²) in [7, 11) is 1.54. The molecule has 29 heavy (non-hydrogen) atoms. The molecule has 1 fully saturated rings. The molecule has 3 heterocycles. The second-order valence-corrected chi connectivity index (χ2v) is 6.99. The number of carbonyl (C=O) groups is 2. The molecule has 1 amide bonds. The molecule has 2 aromatic rings. The van der Waals surface area contributed by atoms with Gasteiger partial charge in [-0.05, 0) is 6.42 Å². The van der Waals surface area contributed by atoms with E-state index in [0.29, 0.717) is 13.0 Å². The van der Waals surface area contributed by atoms with Crippen LogP contribution in [0.2, 0.25) is 0 Å². The molecular formula is C18H25N5O6. The van der Waals surface area contributed by atoms with Gasteiger partial charge in [-0.15, -0.1) is 0 Å². The van der Waals surface area contributed by atoms with Crippen LogP contribution in [0.3, 0.4) is 0 Å². The van der Waals surface area contributed by atoms with Crippen LogP contribution >= 0.6 is 0 Å². The molecule has 3 atom stereocenters. The maximum absolute atomic E-state index is 12.7. The second kappa shape index (κ2) is 8.80. The Hall–Kier alpha value is -2.63. The summed E-state index contributed by atoms with van der Waals surface area (Å²) >= 11 is 0. The van der Waals surface area contributed by atoms with Crippen LogP contribution in [0.4, 0.5) is 5.95 Å². The Labute approximate surface area is 166 Å². The number of imidazole rings is 1. The number of nitrogens with zero attached hydrogens (tertiary/aromatic N) is 3. The van der Waals surface area contributed by atoms with Crippen LogP contribution in [0, 0.1) is 5.92 Å². The zero-order chi connectivity index (χ0) is 21.1. The number of aromatic nitrogens is 4. The number of nitrogens with one attached hydrogen (secondary N) is 2. The summed E-state index contributed by atoms with van der Waals surface area (Å²) in [6, 6.07) is 0. The molecule has 11 nitrogen and oxygen atoms in total. The molecule has 0 aliphatic carbocycles. The molecule has 1 aliphatic rings. The van der Waals surface area contributed by atoms with Crippen molar-refractivity contribution in [2.24, 2.45) is 5.92 Å². The summed E-state index contributed by atoms with van der Waals surface area (Å²) in [5, 5.41) is 2.56. The van der Waals surface area contributed by atoms with Gasteiger partial charge in [-0.3, -0.25) is 29.3 Å². The quantitative estimate of drug-likeness (QED) is 0.608. The van der Waals surface area contributed by atoms with Gasteiger partial charge in [-0.2, -0.15) is 4.98 Å². The normalized spacial score (nSPS) is 22.0. The number of amides is 1. The van der Waals surface area contributed by atoms with E-state index in [4.69, 9.17) is 14.2 Å². The number of ketones is 1. The maximum Gasteiger partial charge on any atom is 0.280 e. The Morgan fingerprint density at radius 3 is 2.79 bits per heavy atom. The van der Waals surface area contributed by atoms with Crippen molar-refractivity contribution in [3.05, 3.63) is 16.7 Å². The molecule has 0 bridgehead atoms. The van der Waals surface area contributed by atoms with E-state index in [0.717, 1.165) is 0 Å². The summed E-state index contributed by atoms with van der Waals surface area (Å²) in [5.41, 5.74) is -0.261. The molecule has 0 unspecified atom stereocenters. The van der Waals surface area contributed by atoms with E-state index in [1.807, 2.05) is 6.92 Å². The van der Waals surface area contributed by atoms with Crippen LogP contribution in [0.5, 0.6) is 0 Å². The number of hydrogen-bond acceptors (Lipinski definition) is 8. The number of carbonyl (C=O) groups excluding carboxylic acids is 2. The first-order valence-corrected chi connectivity index (χ1v) is 9.44. The lowest BCUT2D eigenvalue weighted by atomic mass is 10.1. The molecule has 0 radical (unpaired) electrons. The van der Waals surface area contributed by atoms with Gasteiger partial charge in [0, 0.05) is 13.0 Å². The van der Waals surface area contributed by atoms with Gasteiger partial charge >= 0.3 is 0 Å². The van der Waals surface area contributed by atoms with E-state index >= 15 is 0 Å². The van der Waals surface area contributed by atoms with E-state index in [1.165, 1.54) is 18.0 Å². The van der Waals surface area contributed by atoms with Crippen molar-refractivity contribution in [1.29, 1.82) is 0 Å². The lowest BCUT2D eigenvalue weighted by molar-refractivity contribution is -0.130. The number of methoxy groups -OCH3 is 1. The van der Waals surface area contributed by atoms with E-state index in [9.17, 15) is 14.4 Å². The molecule has 11 heteroatoms. The van der Waals surface area contributed by atoms with Gasteiger partial charge in [0.2, 0.25) is 11.9 Å². The first-order valence-electron chi connectivity index (χ1n) is 9.44. The molecule has 1 saturated heterocycles. The third kappa shape index (κ3) is 4.21. The maximum atomic E-state index is 12.7.